The summed E-state index contributed by atoms with van der Waals surface area (Å²) in [4.78, 5) is 11.1. The van der Waals surface area contributed by atoms with Crippen molar-refractivity contribution in [3.05, 3.63) is 53.6 Å². The zero-order chi connectivity index (χ0) is 17.7. The molecule has 0 heterocycles. The number of carbonyl (C=O) groups is 1. The zero-order valence-corrected chi connectivity index (χ0v) is 14.5. The molecular weight excluding hydrogens is 330 g/mol. The van der Waals surface area contributed by atoms with E-state index in [1.165, 1.54) is 31.4 Å². The van der Waals surface area contributed by atoms with Crippen molar-refractivity contribution in [1.82, 2.24) is 0 Å². The van der Waals surface area contributed by atoms with Gasteiger partial charge in [0.1, 0.15) is 5.75 Å². The van der Waals surface area contributed by atoms with Gasteiger partial charge in [-0.15, -0.1) is 0 Å². The minimum atomic E-state index is -3.70. The Hall–Kier alpha value is -2.54. The molecule has 2 aromatic rings. The summed E-state index contributed by atoms with van der Waals surface area (Å²) in [6.07, 6.45) is 0. The van der Waals surface area contributed by atoms with E-state index in [9.17, 15) is 13.2 Å². The lowest BCUT2D eigenvalue weighted by molar-refractivity contribution is -0.142. The number of ether oxygens (including phenoxy) is 2. The fourth-order valence-electron chi connectivity index (χ4n) is 1.97. The van der Waals surface area contributed by atoms with Gasteiger partial charge in [0.05, 0.1) is 17.7 Å². The highest BCUT2D eigenvalue weighted by Gasteiger charge is 2.15. The minimum absolute atomic E-state index is 0.105. The highest BCUT2D eigenvalue weighted by atomic mass is 32.2. The molecule has 0 saturated carbocycles. The molecule has 0 atom stereocenters. The van der Waals surface area contributed by atoms with Gasteiger partial charge < -0.3 is 9.47 Å². The molecule has 0 amide bonds. The summed E-state index contributed by atoms with van der Waals surface area (Å²) < 4.78 is 37.2. The molecule has 7 heteroatoms. The topological polar surface area (TPSA) is 81.7 Å². The van der Waals surface area contributed by atoms with Gasteiger partial charge in [-0.05, 0) is 55.3 Å². The average Bonchev–Trinajstić information content (AvgIpc) is 2.56. The predicted octanol–water partition coefficient (Wildman–Crippen LogP) is 2.66. The molecule has 1 N–H and O–H groups in total. The Kier molecular flexibility index (Phi) is 5.46. The van der Waals surface area contributed by atoms with Crippen molar-refractivity contribution in [3.8, 4) is 5.75 Å². The Labute approximate surface area is 141 Å². The summed E-state index contributed by atoms with van der Waals surface area (Å²) in [7, 11) is -2.44. The largest absolute Gasteiger partial charge is 0.482 e. The Morgan fingerprint density at radius 3 is 2.38 bits per heavy atom. The molecule has 0 aliphatic heterocycles. The lowest BCUT2D eigenvalue weighted by Crippen LogP contribution is -2.14. The summed E-state index contributed by atoms with van der Waals surface area (Å²) in [6, 6.07) is 11.4. The molecule has 0 bridgehead atoms. The van der Waals surface area contributed by atoms with E-state index in [4.69, 9.17) is 4.74 Å². The third-order valence-electron chi connectivity index (χ3n) is 3.36. The highest BCUT2D eigenvalue weighted by Crippen LogP contribution is 2.22. The van der Waals surface area contributed by atoms with Gasteiger partial charge in [0.25, 0.3) is 10.0 Å². The van der Waals surface area contributed by atoms with Crippen molar-refractivity contribution < 1.29 is 22.7 Å². The quantitative estimate of drug-likeness (QED) is 0.811. The summed E-state index contributed by atoms with van der Waals surface area (Å²) in [5, 5.41) is 0. The standard InChI is InChI=1S/C17H19NO5S/c1-12-4-5-13(2)16(10-12)18-24(20,21)15-8-6-14(7-9-15)23-11-17(19)22-3/h4-10,18H,11H2,1-3H3. The lowest BCUT2D eigenvalue weighted by Gasteiger charge is -2.12. The summed E-state index contributed by atoms with van der Waals surface area (Å²) >= 11 is 0. The first kappa shape index (κ1) is 17.8. The van der Waals surface area contributed by atoms with E-state index in [2.05, 4.69) is 9.46 Å². The first-order valence-corrected chi connectivity index (χ1v) is 8.70. The van der Waals surface area contributed by atoms with Crippen LogP contribution in [0.25, 0.3) is 0 Å². The molecule has 24 heavy (non-hydrogen) atoms. The van der Waals surface area contributed by atoms with Crippen molar-refractivity contribution in [2.45, 2.75) is 18.7 Å². The van der Waals surface area contributed by atoms with Gasteiger partial charge in [-0.2, -0.15) is 0 Å². The number of hydrogen-bond acceptors (Lipinski definition) is 5. The van der Waals surface area contributed by atoms with Crippen molar-refractivity contribution >= 4 is 21.7 Å². The summed E-state index contributed by atoms with van der Waals surface area (Å²) in [6.45, 7) is 3.50. The molecule has 0 radical (unpaired) electrons. The van der Waals surface area contributed by atoms with Gasteiger partial charge >= 0.3 is 5.97 Å². The van der Waals surface area contributed by atoms with Crippen LogP contribution in [-0.4, -0.2) is 28.1 Å². The van der Waals surface area contributed by atoms with E-state index in [0.717, 1.165) is 11.1 Å². The molecule has 128 valence electrons. The number of esters is 1. The molecule has 0 aromatic heterocycles. The molecule has 6 nitrogen and oxygen atoms in total. The van der Waals surface area contributed by atoms with E-state index in [1.807, 2.05) is 26.0 Å². The highest BCUT2D eigenvalue weighted by molar-refractivity contribution is 7.92. The van der Waals surface area contributed by atoms with Crippen molar-refractivity contribution in [2.24, 2.45) is 0 Å². The number of aryl methyl sites for hydroxylation is 2. The van der Waals surface area contributed by atoms with Crippen LogP contribution < -0.4 is 9.46 Å². The van der Waals surface area contributed by atoms with E-state index in [1.54, 1.807) is 6.07 Å². The molecule has 0 saturated heterocycles. The summed E-state index contributed by atoms with van der Waals surface area (Å²) in [5.74, 6) is -0.130. The number of carbonyl (C=O) groups excluding carboxylic acids is 1. The lowest BCUT2D eigenvalue weighted by atomic mass is 10.1. The molecule has 2 rings (SSSR count). The normalized spacial score (nSPS) is 11.0. The summed E-state index contributed by atoms with van der Waals surface area (Å²) in [5.41, 5.74) is 2.34. The second-order valence-electron chi connectivity index (χ2n) is 5.26. The van der Waals surface area contributed by atoms with Crippen LogP contribution in [0.4, 0.5) is 5.69 Å². The van der Waals surface area contributed by atoms with Crippen molar-refractivity contribution in [2.75, 3.05) is 18.4 Å². The maximum absolute atomic E-state index is 12.5. The van der Waals surface area contributed by atoms with Crippen LogP contribution in [-0.2, 0) is 19.6 Å². The number of benzene rings is 2. The molecule has 2 aromatic carbocycles. The van der Waals surface area contributed by atoms with E-state index < -0.39 is 16.0 Å². The Morgan fingerprint density at radius 1 is 1.08 bits per heavy atom. The Bertz CT molecular complexity index is 829. The molecule has 0 aliphatic carbocycles. The number of methoxy groups -OCH3 is 1. The fraction of sp³-hybridized carbons (Fsp3) is 0.235. The van der Waals surface area contributed by atoms with Crippen LogP contribution in [0.15, 0.2) is 47.4 Å². The van der Waals surface area contributed by atoms with Crippen LogP contribution in [0.5, 0.6) is 5.75 Å². The number of sulfonamides is 1. The fourth-order valence-corrected chi connectivity index (χ4v) is 3.09. The molecule has 0 fully saturated rings. The first-order valence-electron chi connectivity index (χ1n) is 7.21. The number of rotatable bonds is 6. The van der Waals surface area contributed by atoms with Crippen LogP contribution >= 0.6 is 0 Å². The first-order chi connectivity index (χ1) is 11.3. The van der Waals surface area contributed by atoms with Crippen LogP contribution in [0.1, 0.15) is 11.1 Å². The number of anilines is 1. The van der Waals surface area contributed by atoms with Crippen LogP contribution in [0.2, 0.25) is 0 Å². The molecule has 0 aliphatic rings. The van der Waals surface area contributed by atoms with Gasteiger partial charge in [0.15, 0.2) is 6.61 Å². The molecular formula is C17H19NO5S. The van der Waals surface area contributed by atoms with Gasteiger partial charge in [0.2, 0.25) is 0 Å². The second-order valence-corrected chi connectivity index (χ2v) is 6.94. The maximum Gasteiger partial charge on any atom is 0.343 e. The SMILES string of the molecule is COC(=O)COc1ccc(S(=O)(=O)Nc2cc(C)ccc2C)cc1. The number of hydrogen-bond donors (Lipinski definition) is 1. The van der Waals surface area contributed by atoms with Gasteiger partial charge in [0, 0.05) is 0 Å². The molecule has 0 spiro atoms. The van der Waals surface area contributed by atoms with Gasteiger partial charge in [-0.1, -0.05) is 12.1 Å². The monoisotopic (exact) mass is 349 g/mol. The maximum atomic E-state index is 12.5. The second kappa shape index (κ2) is 7.35. The predicted molar refractivity (Wildman–Crippen MR) is 90.7 cm³/mol. The van der Waals surface area contributed by atoms with Crippen molar-refractivity contribution in [1.29, 1.82) is 0 Å². The number of nitrogens with one attached hydrogen (secondary N) is 1. The smallest absolute Gasteiger partial charge is 0.343 e. The van der Waals surface area contributed by atoms with E-state index in [-0.39, 0.29) is 11.5 Å². The van der Waals surface area contributed by atoms with Crippen LogP contribution in [0.3, 0.4) is 0 Å². The van der Waals surface area contributed by atoms with Crippen molar-refractivity contribution in [3.63, 3.8) is 0 Å². The minimum Gasteiger partial charge on any atom is -0.482 e. The van der Waals surface area contributed by atoms with Crippen LogP contribution in [0, 0.1) is 13.8 Å². The third-order valence-corrected chi connectivity index (χ3v) is 4.74. The average molecular weight is 349 g/mol. The van der Waals surface area contributed by atoms with E-state index >= 15 is 0 Å². The molecule has 0 unspecified atom stereocenters. The third kappa shape index (κ3) is 4.48. The van der Waals surface area contributed by atoms with Gasteiger partial charge in [-0.25, -0.2) is 13.2 Å². The zero-order valence-electron chi connectivity index (χ0n) is 13.7. The Balaban J connectivity index is 2.14. The van der Waals surface area contributed by atoms with Gasteiger partial charge in [-0.3, -0.25) is 4.72 Å². The van der Waals surface area contributed by atoms with E-state index in [0.29, 0.717) is 11.4 Å². The Morgan fingerprint density at radius 2 is 1.75 bits per heavy atom.